The van der Waals surface area contributed by atoms with Crippen LogP contribution in [0.4, 0.5) is 0 Å². The monoisotopic (exact) mass is 332 g/mol. The van der Waals surface area contributed by atoms with Crippen molar-refractivity contribution < 1.29 is 43.8 Å². The van der Waals surface area contributed by atoms with E-state index in [1.807, 2.05) is 0 Å². The molecular formula is C9H21N2O9P. The van der Waals surface area contributed by atoms with E-state index in [0.29, 0.717) is 13.0 Å². The number of phosphoric ester groups is 1. The zero-order valence-electron chi connectivity index (χ0n) is 11.2. The number of nitrogens with two attached hydrogens (primary N) is 2. The lowest BCUT2D eigenvalue weighted by Crippen LogP contribution is -2.29. The van der Waals surface area contributed by atoms with Crippen LogP contribution >= 0.6 is 7.82 Å². The SMILES string of the molecule is NCCCC[C@H](N)C(=O)O.O=C(O)C(CO)OP(=O)(O)O. The topological polar surface area (TPSA) is 214 Å². The summed E-state index contributed by atoms with van der Waals surface area (Å²) in [5, 5.41) is 24.6. The van der Waals surface area contributed by atoms with E-state index in [0.717, 1.165) is 12.8 Å². The first-order chi connectivity index (χ1) is 9.55. The lowest BCUT2D eigenvalue weighted by atomic mass is 10.1. The molecule has 0 aliphatic heterocycles. The van der Waals surface area contributed by atoms with Crippen molar-refractivity contribution in [1.82, 2.24) is 0 Å². The van der Waals surface area contributed by atoms with Crippen LogP contribution in [-0.4, -0.2) is 62.3 Å². The van der Waals surface area contributed by atoms with Gasteiger partial charge in [0.15, 0.2) is 6.10 Å². The number of aliphatic hydroxyl groups excluding tert-OH is 1. The Morgan fingerprint density at radius 2 is 1.67 bits per heavy atom. The summed E-state index contributed by atoms with van der Waals surface area (Å²) in [5.74, 6) is -2.56. The summed E-state index contributed by atoms with van der Waals surface area (Å²) >= 11 is 0. The number of hydrogen-bond donors (Lipinski definition) is 7. The first kappa shape index (κ1) is 22.2. The number of hydrogen-bond acceptors (Lipinski definition) is 7. The number of carbonyl (C=O) groups is 2. The lowest BCUT2D eigenvalue weighted by Gasteiger charge is -2.10. The molecule has 0 aromatic rings. The van der Waals surface area contributed by atoms with Crippen LogP contribution < -0.4 is 11.5 Å². The van der Waals surface area contributed by atoms with Gasteiger partial charge in [0.25, 0.3) is 0 Å². The fraction of sp³-hybridized carbons (Fsp3) is 0.778. The van der Waals surface area contributed by atoms with Crippen LogP contribution in [0.3, 0.4) is 0 Å². The zero-order chi connectivity index (χ0) is 17.1. The molecule has 11 nitrogen and oxygen atoms in total. The maximum Gasteiger partial charge on any atom is 0.470 e. The highest BCUT2D eigenvalue weighted by molar-refractivity contribution is 7.46. The Balaban J connectivity index is 0. The van der Waals surface area contributed by atoms with Gasteiger partial charge in [-0.2, -0.15) is 0 Å². The summed E-state index contributed by atoms with van der Waals surface area (Å²) in [7, 11) is -4.83. The van der Waals surface area contributed by atoms with E-state index in [9.17, 15) is 14.2 Å². The van der Waals surface area contributed by atoms with Crippen molar-refractivity contribution in [2.75, 3.05) is 13.2 Å². The highest BCUT2D eigenvalue weighted by Crippen LogP contribution is 2.37. The molecule has 1 unspecified atom stereocenters. The number of carboxylic acids is 2. The van der Waals surface area contributed by atoms with Gasteiger partial charge in [-0.05, 0) is 19.4 Å². The van der Waals surface area contributed by atoms with Crippen molar-refractivity contribution in [3.63, 3.8) is 0 Å². The summed E-state index contributed by atoms with van der Waals surface area (Å²) in [6, 6.07) is -0.716. The minimum Gasteiger partial charge on any atom is -0.480 e. The number of aliphatic hydroxyl groups is 1. The minimum absolute atomic E-state index is 0.520. The lowest BCUT2D eigenvalue weighted by molar-refractivity contribution is -0.147. The molecule has 2 atom stereocenters. The molecule has 0 saturated carbocycles. The van der Waals surface area contributed by atoms with E-state index < -0.39 is 38.5 Å². The Bertz CT molecular complexity index is 359. The Hall–Kier alpha value is -1.07. The number of unbranched alkanes of at least 4 members (excludes halogenated alkanes) is 1. The Morgan fingerprint density at radius 3 is 1.90 bits per heavy atom. The van der Waals surface area contributed by atoms with Crippen LogP contribution in [0.1, 0.15) is 19.3 Å². The van der Waals surface area contributed by atoms with Crippen molar-refractivity contribution in [3.05, 3.63) is 0 Å². The summed E-state index contributed by atoms with van der Waals surface area (Å²) < 4.78 is 13.7. The number of aliphatic carboxylic acids is 2. The van der Waals surface area contributed by atoms with Gasteiger partial charge in [-0.25, -0.2) is 9.36 Å². The molecule has 0 bridgehead atoms. The molecule has 21 heavy (non-hydrogen) atoms. The second kappa shape index (κ2) is 11.6. The Kier molecular flexibility index (Phi) is 12.2. The van der Waals surface area contributed by atoms with E-state index in [1.54, 1.807) is 0 Å². The molecule has 9 N–H and O–H groups in total. The van der Waals surface area contributed by atoms with Crippen molar-refractivity contribution in [3.8, 4) is 0 Å². The summed E-state index contributed by atoms with van der Waals surface area (Å²) in [6.07, 6.45) is 0.285. The zero-order valence-corrected chi connectivity index (χ0v) is 12.1. The number of rotatable bonds is 9. The Labute approximate surface area is 120 Å². The molecule has 126 valence electrons. The van der Waals surface area contributed by atoms with E-state index >= 15 is 0 Å². The second-order valence-electron chi connectivity index (χ2n) is 3.83. The molecule has 0 fully saturated rings. The highest BCUT2D eigenvalue weighted by atomic mass is 31.2. The van der Waals surface area contributed by atoms with Crippen molar-refractivity contribution in [2.24, 2.45) is 11.5 Å². The van der Waals surface area contributed by atoms with Gasteiger partial charge in [0.2, 0.25) is 0 Å². The first-order valence-corrected chi connectivity index (χ1v) is 7.34. The molecule has 0 rings (SSSR count). The maximum absolute atomic E-state index is 10.1. The normalized spacial score (nSPS) is 13.8. The molecular weight excluding hydrogens is 311 g/mol. The van der Waals surface area contributed by atoms with Crippen molar-refractivity contribution in [1.29, 1.82) is 0 Å². The van der Waals surface area contributed by atoms with Gasteiger partial charge in [0, 0.05) is 0 Å². The highest BCUT2D eigenvalue weighted by Gasteiger charge is 2.26. The van der Waals surface area contributed by atoms with Crippen LogP contribution in [0.25, 0.3) is 0 Å². The van der Waals surface area contributed by atoms with Crippen LogP contribution in [0.5, 0.6) is 0 Å². The van der Waals surface area contributed by atoms with E-state index in [2.05, 4.69) is 4.52 Å². The predicted octanol–water partition coefficient (Wildman–Crippen LogP) is -1.93. The smallest absolute Gasteiger partial charge is 0.470 e. The predicted molar refractivity (Wildman–Crippen MR) is 70.2 cm³/mol. The second-order valence-corrected chi connectivity index (χ2v) is 5.03. The van der Waals surface area contributed by atoms with E-state index in [1.165, 1.54) is 0 Å². The third kappa shape index (κ3) is 15.1. The van der Waals surface area contributed by atoms with Gasteiger partial charge >= 0.3 is 19.8 Å². The summed E-state index contributed by atoms with van der Waals surface area (Å²) in [5.41, 5.74) is 10.4. The van der Waals surface area contributed by atoms with Gasteiger partial charge in [0.1, 0.15) is 6.04 Å². The summed E-state index contributed by atoms with van der Waals surface area (Å²) in [4.78, 5) is 36.3. The summed E-state index contributed by atoms with van der Waals surface area (Å²) in [6.45, 7) is -0.382. The van der Waals surface area contributed by atoms with Gasteiger partial charge in [-0.15, -0.1) is 0 Å². The van der Waals surface area contributed by atoms with Crippen LogP contribution in [0.15, 0.2) is 0 Å². The van der Waals surface area contributed by atoms with Crippen molar-refractivity contribution >= 4 is 19.8 Å². The van der Waals surface area contributed by atoms with Gasteiger partial charge in [0.05, 0.1) is 6.61 Å². The third-order valence-electron chi connectivity index (χ3n) is 1.99. The molecule has 0 aliphatic rings. The quantitative estimate of drug-likeness (QED) is 0.182. The first-order valence-electron chi connectivity index (χ1n) is 5.81. The molecule has 0 amide bonds. The molecule has 0 aromatic carbocycles. The fourth-order valence-corrected chi connectivity index (χ4v) is 1.44. The van der Waals surface area contributed by atoms with Gasteiger partial charge in [-0.1, -0.05) is 6.42 Å². The standard InChI is InChI=1S/C6H14N2O2.C3H7O7P/c7-4-2-1-3-5(8)6(9)10;4-1-2(3(5)6)10-11(7,8)9/h5H,1-4,7-8H2,(H,9,10);2,4H,1H2,(H,5,6)(H2,7,8,9)/t5-;/m0./s1. The molecule has 0 saturated heterocycles. The van der Waals surface area contributed by atoms with Gasteiger partial charge in [-0.3, -0.25) is 9.32 Å². The molecule has 0 aliphatic carbocycles. The number of phosphoric acid groups is 1. The molecule has 0 spiro atoms. The number of carboxylic acid groups (broad SMARTS) is 2. The molecule has 0 radical (unpaired) electrons. The van der Waals surface area contributed by atoms with Crippen LogP contribution in [-0.2, 0) is 18.7 Å². The van der Waals surface area contributed by atoms with Crippen LogP contribution in [0, 0.1) is 0 Å². The average molecular weight is 332 g/mol. The van der Waals surface area contributed by atoms with Crippen LogP contribution in [0.2, 0.25) is 0 Å². The third-order valence-corrected chi connectivity index (χ3v) is 2.52. The molecule has 12 heteroatoms. The average Bonchev–Trinajstić information content (AvgIpc) is 2.35. The maximum atomic E-state index is 10.1. The van der Waals surface area contributed by atoms with Crippen molar-refractivity contribution in [2.45, 2.75) is 31.4 Å². The Morgan fingerprint density at radius 1 is 1.14 bits per heavy atom. The van der Waals surface area contributed by atoms with Gasteiger partial charge < -0.3 is 36.6 Å². The molecule has 0 aromatic heterocycles. The van der Waals surface area contributed by atoms with E-state index in [-0.39, 0.29) is 0 Å². The molecule has 0 heterocycles. The fourth-order valence-electron chi connectivity index (χ4n) is 0.954. The minimum atomic E-state index is -4.83. The largest absolute Gasteiger partial charge is 0.480 e. The van der Waals surface area contributed by atoms with E-state index in [4.69, 9.17) is 36.6 Å².